The quantitative estimate of drug-likeness (QED) is 0.681. The minimum absolute atomic E-state index is 0.0764. The van der Waals surface area contributed by atoms with Crippen LogP contribution in [0.3, 0.4) is 0 Å². The van der Waals surface area contributed by atoms with Crippen molar-refractivity contribution in [2.75, 3.05) is 5.32 Å². The number of aryl methyl sites for hydroxylation is 2. The summed E-state index contributed by atoms with van der Waals surface area (Å²) in [6.45, 7) is 0. The number of rotatable bonds is 6. The smallest absolute Gasteiger partial charge is 0.255 e. The molecular formula is C24H24N2O. The number of benzene rings is 3. The maximum Gasteiger partial charge on any atom is 0.255 e. The van der Waals surface area contributed by atoms with Crippen LogP contribution in [0.1, 0.15) is 39.4 Å². The first-order valence-electron chi connectivity index (χ1n) is 9.49. The molecule has 0 spiro atoms. The Labute approximate surface area is 160 Å². The molecule has 1 saturated carbocycles. The average Bonchev–Trinajstić information content (AvgIpc) is 3.44. The van der Waals surface area contributed by atoms with E-state index in [1.807, 2.05) is 36.4 Å². The minimum atomic E-state index is -0.0764. The first-order chi connectivity index (χ1) is 13.2. The van der Waals surface area contributed by atoms with Crippen LogP contribution < -0.4 is 11.1 Å². The molecule has 4 rings (SSSR count). The fourth-order valence-corrected chi connectivity index (χ4v) is 3.42. The van der Waals surface area contributed by atoms with Gasteiger partial charge in [0.1, 0.15) is 0 Å². The van der Waals surface area contributed by atoms with Crippen molar-refractivity contribution in [3.63, 3.8) is 0 Å². The van der Waals surface area contributed by atoms with E-state index in [1.165, 1.54) is 16.7 Å². The molecular weight excluding hydrogens is 332 g/mol. The fourth-order valence-electron chi connectivity index (χ4n) is 3.42. The van der Waals surface area contributed by atoms with Crippen molar-refractivity contribution >= 4 is 11.6 Å². The van der Waals surface area contributed by atoms with Gasteiger partial charge in [-0.2, -0.15) is 0 Å². The van der Waals surface area contributed by atoms with Gasteiger partial charge >= 0.3 is 0 Å². The van der Waals surface area contributed by atoms with Crippen LogP contribution in [-0.2, 0) is 12.8 Å². The number of hydrogen-bond acceptors (Lipinski definition) is 2. The second-order valence-electron chi connectivity index (χ2n) is 7.27. The molecule has 1 fully saturated rings. The zero-order valence-corrected chi connectivity index (χ0v) is 15.3. The third-order valence-corrected chi connectivity index (χ3v) is 5.17. The molecule has 3 N–H and O–H groups in total. The first-order valence-corrected chi connectivity index (χ1v) is 9.49. The molecule has 2 atom stereocenters. The summed E-state index contributed by atoms with van der Waals surface area (Å²) in [5.74, 6) is 0.406. The Bertz CT molecular complexity index is 919. The fraction of sp³-hybridized carbons (Fsp3) is 0.208. The molecule has 0 saturated heterocycles. The molecule has 3 aromatic rings. The zero-order valence-electron chi connectivity index (χ0n) is 15.3. The van der Waals surface area contributed by atoms with E-state index in [0.29, 0.717) is 17.5 Å². The van der Waals surface area contributed by atoms with E-state index in [1.54, 1.807) is 0 Å². The number of amides is 1. The standard InChI is InChI=1S/C24H24N2O/c25-23-16-22(23)19-11-13-21(14-12-19)26-24(27)20-8-4-7-18(15-20)10-9-17-5-2-1-3-6-17/h1-8,11-15,22-23H,9-10,16,25H2,(H,26,27)/t22-,23+/m0/s1. The number of nitrogens with two attached hydrogens (primary N) is 1. The zero-order chi connectivity index (χ0) is 18.6. The van der Waals surface area contributed by atoms with Gasteiger partial charge in [0.15, 0.2) is 0 Å². The number of carbonyl (C=O) groups is 1. The SMILES string of the molecule is N[C@@H]1C[C@H]1c1ccc(NC(=O)c2cccc(CCc3ccccc3)c2)cc1. The van der Waals surface area contributed by atoms with Crippen LogP contribution in [0.2, 0.25) is 0 Å². The lowest BCUT2D eigenvalue weighted by molar-refractivity contribution is 0.102. The number of anilines is 1. The molecule has 0 aromatic heterocycles. The van der Waals surface area contributed by atoms with Crippen molar-refractivity contribution in [2.24, 2.45) is 5.73 Å². The van der Waals surface area contributed by atoms with Crippen LogP contribution in [0.15, 0.2) is 78.9 Å². The summed E-state index contributed by atoms with van der Waals surface area (Å²) in [4.78, 5) is 12.6. The third-order valence-electron chi connectivity index (χ3n) is 5.17. The van der Waals surface area contributed by atoms with Gasteiger partial charge in [-0.1, -0.05) is 54.6 Å². The average molecular weight is 356 g/mol. The maximum atomic E-state index is 12.6. The van der Waals surface area contributed by atoms with Gasteiger partial charge in [0.05, 0.1) is 0 Å². The first kappa shape index (κ1) is 17.5. The monoisotopic (exact) mass is 356 g/mol. The lowest BCUT2D eigenvalue weighted by atomic mass is 10.0. The highest BCUT2D eigenvalue weighted by Gasteiger charge is 2.34. The van der Waals surface area contributed by atoms with Gasteiger partial charge in [0, 0.05) is 23.2 Å². The number of nitrogens with one attached hydrogen (secondary N) is 1. The molecule has 1 amide bonds. The van der Waals surface area contributed by atoms with Gasteiger partial charge in [-0.15, -0.1) is 0 Å². The Morgan fingerprint density at radius 1 is 0.889 bits per heavy atom. The van der Waals surface area contributed by atoms with Crippen LogP contribution in [0.25, 0.3) is 0 Å². The molecule has 0 heterocycles. The number of hydrogen-bond donors (Lipinski definition) is 2. The van der Waals surface area contributed by atoms with Crippen molar-refractivity contribution in [1.82, 2.24) is 0 Å². The van der Waals surface area contributed by atoms with Crippen LogP contribution in [0, 0.1) is 0 Å². The Kier molecular flexibility index (Phi) is 5.03. The van der Waals surface area contributed by atoms with Gasteiger partial charge < -0.3 is 11.1 Å². The molecule has 3 nitrogen and oxygen atoms in total. The van der Waals surface area contributed by atoms with Crippen LogP contribution in [-0.4, -0.2) is 11.9 Å². The second-order valence-corrected chi connectivity index (χ2v) is 7.27. The summed E-state index contributed by atoms with van der Waals surface area (Å²) >= 11 is 0. The highest BCUT2D eigenvalue weighted by atomic mass is 16.1. The largest absolute Gasteiger partial charge is 0.327 e. The normalized spacial score (nSPS) is 18.1. The minimum Gasteiger partial charge on any atom is -0.327 e. The molecule has 0 radical (unpaired) electrons. The Morgan fingerprint density at radius 3 is 2.26 bits per heavy atom. The molecule has 0 unspecified atom stereocenters. The topological polar surface area (TPSA) is 55.1 Å². The highest BCUT2D eigenvalue weighted by molar-refractivity contribution is 6.04. The van der Waals surface area contributed by atoms with Crippen molar-refractivity contribution in [1.29, 1.82) is 0 Å². The van der Waals surface area contributed by atoms with Crippen LogP contribution >= 0.6 is 0 Å². The van der Waals surface area contributed by atoms with E-state index in [-0.39, 0.29) is 5.91 Å². The van der Waals surface area contributed by atoms with Crippen LogP contribution in [0.5, 0.6) is 0 Å². The van der Waals surface area contributed by atoms with Gasteiger partial charge in [-0.05, 0) is 60.2 Å². The van der Waals surface area contributed by atoms with Crippen LogP contribution in [0.4, 0.5) is 5.69 Å². The highest BCUT2D eigenvalue weighted by Crippen LogP contribution is 2.39. The molecule has 136 valence electrons. The van der Waals surface area contributed by atoms with Gasteiger partial charge in [0.2, 0.25) is 0 Å². The Hall–Kier alpha value is -2.91. The van der Waals surface area contributed by atoms with Gasteiger partial charge in [-0.3, -0.25) is 4.79 Å². The summed E-state index contributed by atoms with van der Waals surface area (Å²) in [5, 5.41) is 2.99. The van der Waals surface area contributed by atoms with Crippen molar-refractivity contribution in [3.8, 4) is 0 Å². The maximum absolute atomic E-state index is 12.6. The molecule has 1 aliphatic carbocycles. The van der Waals surface area contributed by atoms with Gasteiger partial charge in [0.25, 0.3) is 5.91 Å². The van der Waals surface area contributed by atoms with Crippen molar-refractivity contribution < 1.29 is 4.79 Å². The van der Waals surface area contributed by atoms with Gasteiger partial charge in [-0.25, -0.2) is 0 Å². The number of carbonyl (C=O) groups excluding carboxylic acids is 1. The van der Waals surface area contributed by atoms with E-state index < -0.39 is 0 Å². The van der Waals surface area contributed by atoms with Crippen molar-refractivity contribution in [3.05, 3.63) is 101 Å². The van der Waals surface area contributed by atoms with E-state index in [4.69, 9.17) is 5.73 Å². The summed E-state index contributed by atoms with van der Waals surface area (Å²) in [6, 6.07) is 26.6. The van der Waals surface area contributed by atoms with E-state index >= 15 is 0 Å². The molecule has 3 aromatic carbocycles. The summed E-state index contributed by atoms with van der Waals surface area (Å²) < 4.78 is 0. The molecule has 0 aliphatic heterocycles. The van der Waals surface area contributed by atoms with E-state index in [2.05, 4.69) is 47.8 Å². The summed E-state index contributed by atoms with van der Waals surface area (Å²) in [7, 11) is 0. The lowest BCUT2D eigenvalue weighted by Gasteiger charge is -2.08. The lowest BCUT2D eigenvalue weighted by Crippen LogP contribution is -2.12. The Balaban J connectivity index is 1.38. The molecule has 1 aliphatic rings. The predicted molar refractivity (Wildman–Crippen MR) is 110 cm³/mol. The van der Waals surface area contributed by atoms with Crippen molar-refractivity contribution in [2.45, 2.75) is 31.2 Å². The second kappa shape index (κ2) is 7.77. The van der Waals surface area contributed by atoms with E-state index in [9.17, 15) is 4.79 Å². The summed E-state index contributed by atoms with van der Waals surface area (Å²) in [5.41, 5.74) is 11.1. The summed E-state index contributed by atoms with van der Waals surface area (Å²) in [6.07, 6.45) is 2.94. The molecule has 27 heavy (non-hydrogen) atoms. The molecule has 0 bridgehead atoms. The third kappa shape index (κ3) is 4.44. The van der Waals surface area contributed by atoms with E-state index in [0.717, 1.165) is 24.9 Å². The predicted octanol–water partition coefficient (Wildman–Crippen LogP) is 4.54. The Morgan fingerprint density at radius 2 is 1.56 bits per heavy atom. The molecule has 3 heteroatoms.